The highest BCUT2D eigenvalue weighted by Gasteiger charge is 2.27. The van der Waals surface area contributed by atoms with Crippen LogP contribution in [0.3, 0.4) is 0 Å². The van der Waals surface area contributed by atoms with Gasteiger partial charge in [0.2, 0.25) is 0 Å². The van der Waals surface area contributed by atoms with Crippen molar-refractivity contribution in [2.75, 3.05) is 33.7 Å². The van der Waals surface area contributed by atoms with E-state index in [2.05, 4.69) is 37.7 Å². The first-order valence-corrected chi connectivity index (χ1v) is 6.07. The molecule has 1 aliphatic rings. The molecule has 1 fully saturated rings. The monoisotopic (exact) mass is 214 g/mol. The van der Waals surface area contributed by atoms with Crippen molar-refractivity contribution >= 4 is 0 Å². The molecule has 3 nitrogen and oxygen atoms in total. The maximum absolute atomic E-state index is 9.88. The second-order valence-corrected chi connectivity index (χ2v) is 5.36. The van der Waals surface area contributed by atoms with E-state index in [-0.39, 0.29) is 6.10 Å². The second-order valence-electron chi connectivity index (χ2n) is 5.36. The third kappa shape index (κ3) is 4.09. The molecule has 0 spiro atoms. The molecule has 3 heteroatoms. The summed E-state index contributed by atoms with van der Waals surface area (Å²) in [6.07, 6.45) is 2.39. The topological polar surface area (TPSA) is 26.7 Å². The SMILES string of the molecule is CC(C)C(O)CN1CCCC1CN(C)C. The zero-order valence-corrected chi connectivity index (χ0v) is 10.6. The van der Waals surface area contributed by atoms with E-state index in [0.717, 1.165) is 19.6 Å². The summed E-state index contributed by atoms with van der Waals surface area (Å²) in [7, 11) is 4.24. The average Bonchev–Trinajstić information content (AvgIpc) is 2.51. The molecule has 0 radical (unpaired) electrons. The Hall–Kier alpha value is -0.120. The van der Waals surface area contributed by atoms with Gasteiger partial charge in [-0.05, 0) is 39.4 Å². The molecule has 0 aliphatic carbocycles. The molecule has 0 aromatic carbocycles. The molecule has 2 unspecified atom stereocenters. The normalized spacial score (nSPS) is 25.4. The number of β-amino-alcohol motifs (C(OH)–C–C–N with tert-alkyl or cyclic N) is 1. The number of rotatable bonds is 5. The van der Waals surface area contributed by atoms with Crippen LogP contribution in [0.1, 0.15) is 26.7 Å². The van der Waals surface area contributed by atoms with Gasteiger partial charge in [0, 0.05) is 19.1 Å². The molecule has 0 amide bonds. The summed E-state index contributed by atoms with van der Waals surface area (Å²) in [5, 5.41) is 9.88. The maximum atomic E-state index is 9.88. The van der Waals surface area contributed by atoms with Gasteiger partial charge in [0.1, 0.15) is 0 Å². The first-order chi connectivity index (χ1) is 7.00. The lowest BCUT2D eigenvalue weighted by molar-refractivity contribution is 0.0663. The van der Waals surface area contributed by atoms with Crippen LogP contribution in [-0.2, 0) is 0 Å². The summed E-state index contributed by atoms with van der Waals surface area (Å²) in [5.74, 6) is 0.366. The fraction of sp³-hybridized carbons (Fsp3) is 1.00. The Morgan fingerprint density at radius 3 is 2.60 bits per heavy atom. The van der Waals surface area contributed by atoms with E-state index in [9.17, 15) is 5.11 Å². The van der Waals surface area contributed by atoms with Crippen molar-refractivity contribution in [2.24, 2.45) is 5.92 Å². The number of aliphatic hydroxyl groups excluding tert-OH is 1. The Morgan fingerprint density at radius 2 is 2.07 bits per heavy atom. The van der Waals surface area contributed by atoms with Gasteiger partial charge in [0.05, 0.1) is 6.10 Å². The van der Waals surface area contributed by atoms with Gasteiger partial charge in [-0.25, -0.2) is 0 Å². The van der Waals surface area contributed by atoms with Crippen LogP contribution in [0.5, 0.6) is 0 Å². The molecule has 1 N–H and O–H groups in total. The highest BCUT2D eigenvalue weighted by Crippen LogP contribution is 2.19. The number of likely N-dealkylation sites (tertiary alicyclic amines) is 1. The quantitative estimate of drug-likeness (QED) is 0.740. The smallest absolute Gasteiger partial charge is 0.0690 e. The number of likely N-dealkylation sites (N-methyl/N-ethyl adjacent to an activating group) is 1. The lowest BCUT2D eigenvalue weighted by atomic mass is 10.1. The summed E-state index contributed by atoms with van der Waals surface area (Å²) in [4.78, 5) is 4.69. The minimum atomic E-state index is -0.173. The number of hydrogen-bond acceptors (Lipinski definition) is 3. The first-order valence-electron chi connectivity index (χ1n) is 6.07. The Kier molecular flexibility index (Phi) is 5.03. The third-order valence-corrected chi connectivity index (χ3v) is 3.27. The zero-order chi connectivity index (χ0) is 11.4. The molecule has 0 bridgehead atoms. The molecule has 1 aliphatic heterocycles. The van der Waals surface area contributed by atoms with Crippen molar-refractivity contribution in [2.45, 2.75) is 38.8 Å². The molecule has 1 rings (SSSR count). The molecule has 1 saturated heterocycles. The number of nitrogens with zero attached hydrogens (tertiary/aromatic N) is 2. The van der Waals surface area contributed by atoms with Gasteiger partial charge in [-0.2, -0.15) is 0 Å². The molecule has 0 aromatic heterocycles. The molecule has 2 atom stereocenters. The molecule has 15 heavy (non-hydrogen) atoms. The van der Waals surface area contributed by atoms with Crippen molar-refractivity contribution in [1.82, 2.24) is 9.80 Å². The van der Waals surface area contributed by atoms with E-state index in [1.807, 2.05) is 0 Å². The van der Waals surface area contributed by atoms with Gasteiger partial charge >= 0.3 is 0 Å². The van der Waals surface area contributed by atoms with E-state index in [1.165, 1.54) is 12.8 Å². The van der Waals surface area contributed by atoms with Gasteiger partial charge < -0.3 is 10.0 Å². The Balaban J connectivity index is 2.39. The van der Waals surface area contributed by atoms with Crippen LogP contribution in [0.4, 0.5) is 0 Å². The number of aliphatic hydroxyl groups is 1. The maximum Gasteiger partial charge on any atom is 0.0690 e. The zero-order valence-electron chi connectivity index (χ0n) is 10.6. The Morgan fingerprint density at radius 1 is 1.40 bits per heavy atom. The number of hydrogen-bond donors (Lipinski definition) is 1. The summed E-state index contributed by atoms with van der Waals surface area (Å²) in [5.41, 5.74) is 0. The minimum absolute atomic E-state index is 0.173. The predicted octanol–water partition coefficient (Wildman–Crippen LogP) is 1.03. The minimum Gasteiger partial charge on any atom is -0.392 e. The van der Waals surface area contributed by atoms with Gasteiger partial charge in [0.15, 0.2) is 0 Å². The van der Waals surface area contributed by atoms with E-state index in [1.54, 1.807) is 0 Å². The Labute approximate surface area is 94.1 Å². The van der Waals surface area contributed by atoms with E-state index < -0.39 is 0 Å². The van der Waals surface area contributed by atoms with Crippen molar-refractivity contribution < 1.29 is 5.11 Å². The summed E-state index contributed by atoms with van der Waals surface area (Å²) in [6.45, 7) is 7.28. The molecule has 0 saturated carbocycles. The second kappa shape index (κ2) is 5.83. The van der Waals surface area contributed by atoms with Crippen LogP contribution < -0.4 is 0 Å². The van der Waals surface area contributed by atoms with Crippen LogP contribution in [-0.4, -0.2) is 60.8 Å². The lowest BCUT2D eigenvalue weighted by Gasteiger charge is -2.29. The van der Waals surface area contributed by atoms with Crippen molar-refractivity contribution in [3.8, 4) is 0 Å². The summed E-state index contributed by atoms with van der Waals surface area (Å²) < 4.78 is 0. The van der Waals surface area contributed by atoms with E-state index in [0.29, 0.717) is 12.0 Å². The standard InChI is InChI=1S/C12H26N2O/c1-10(2)12(15)9-14-7-5-6-11(14)8-13(3)4/h10-12,15H,5-9H2,1-4H3. The summed E-state index contributed by atoms with van der Waals surface area (Å²) >= 11 is 0. The highest BCUT2D eigenvalue weighted by atomic mass is 16.3. The van der Waals surface area contributed by atoms with Gasteiger partial charge in [-0.1, -0.05) is 13.8 Å². The first kappa shape index (κ1) is 12.9. The van der Waals surface area contributed by atoms with Crippen LogP contribution in [0.25, 0.3) is 0 Å². The molecule has 1 heterocycles. The molecular weight excluding hydrogens is 188 g/mol. The van der Waals surface area contributed by atoms with Crippen LogP contribution in [0.15, 0.2) is 0 Å². The van der Waals surface area contributed by atoms with Crippen LogP contribution >= 0.6 is 0 Å². The van der Waals surface area contributed by atoms with Gasteiger partial charge in [-0.3, -0.25) is 4.90 Å². The molecule has 90 valence electrons. The fourth-order valence-electron chi connectivity index (χ4n) is 2.21. The van der Waals surface area contributed by atoms with Crippen LogP contribution in [0.2, 0.25) is 0 Å². The average molecular weight is 214 g/mol. The lowest BCUT2D eigenvalue weighted by Crippen LogP contribution is -2.42. The summed E-state index contributed by atoms with van der Waals surface area (Å²) in [6, 6.07) is 0.647. The highest BCUT2D eigenvalue weighted by molar-refractivity contribution is 4.82. The predicted molar refractivity (Wildman–Crippen MR) is 64.0 cm³/mol. The van der Waals surface area contributed by atoms with Crippen LogP contribution in [0, 0.1) is 5.92 Å². The van der Waals surface area contributed by atoms with Crippen molar-refractivity contribution in [1.29, 1.82) is 0 Å². The third-order valence-electron chi connectivity index (χ3n) is 3.27. The Bertz CT molecular complexity index is 182. The molecular formula is C12H26N2O. The van der Waals surface area contributed by atoms with E-state index >= 15 is 0 Å². The largest absolute Gasteiger partial charge is 0.392 e. The van der Waals surface area contributed by atoms with Gasteiger partial charge in [0.25, 0.3) is 0 Å². The molecule has 0 aromatic rings. The van der Waals surface area contributed by atoms with Crippen molar-refractivity contribution in [3.63, 3.8) is 0 Å². The van der Waals surface area contributed by atoms with Gasteiger partial charge in [-0.15, -0.1) is 0 Å². The van der Waals surface area contributed by atoms with Crippen molar-refractivity contribution in [3.05, 3.63) is 0 Å². The van der Waals surface area contributed by atoms with E-state index in [4.69, 9.17) is 0 Å². The fourth-order valence-corrected chi connectivity index (χ4v) is 2.21.